The largest absolute Gasteiger partial charge is 0.325 e. The lowest BCUT2D eigenvalue weighted by molar-refractivity contribution is 0.366. The van der Waals surface area contributed by atoms with Gasteiger partial charge in [0, 0.05) is 12.2 Å². The Balaban J connectivity index is 1.89. The molecule has 0 aliphatic carbocycles. The van der Waals surface area contributed by atoms with E-state index < -0.39 is 0 Å². The zero-order valence-corrected chi connectivity index (χ0v) is 14.0. The van der Waals surface area contributed by atoms with Crippen molar-refractivity contribution < 1.29 is 0 Å². The van der Waals surface area contributed by atoms with Gasteiger partial charge in [0.2, 0.25) is 0 Å². The minimum atomic E-state index is -0.104. The van der Waals surface area contributed by atoms with Crippen LogP contribution in [0.1, 0.15) is 31.9 Å². The maximum absolute atomic E-state index is 4.57. The first-order valence-electron chi connectivity index (χ1n) is 8.02. The standard InChI is InChI=1S/C18H21N5/c1-12-6-5-7-15-13(12)8-9-22(15)16-14-10-21-23(18(2,3)4)17(14)20-11-19-16/h5-7,10-11H,8-9H2,1-4H3. The molecule has 1 aliphatic heterocycles. The van der Waals surface area contributed by atoms with Crippen LogP contribution in [-0.4, -0.2) is 26.3 Å². The molecule has 0 atom stereocenters. The highest BCUT2D eigenvalue weighted by atomic mass is 15.3. The van der Waals surface area contributed by atoms with Crippen LogP contribution in [0.3, 0.4) is 0 Å². The van der Waals surface area contributed by atoms with Crippen LogP contribution in [0.2, 0.25) is 0 Å². The van der Waals surface area contributed by atoms with Crippen molar-refractivity contribution in [1.29, 1.82) is 0 Å². The number of nitrogens with zero attached hydrogens (tertiary/aromatic N) is 5. The summed E-state index contributed by atoms with van der Waals surface area (Å²) in [6, 6.07) is 6.47. The summed E-state index contributed by atoms with van der Waals surface area (Å²) in [5.74, 6) is 0.954. The van der Waals surface area contributed by atoms with Crippen molar-refractivity contribution in [3.8, 4) is 0 Å². The molecule has 0 unspecified atom stereocenters. The number of benzene rings is 1. The Morgan fingerprint density at radius 2 is 1.96 bits per heavy atom. The SMILES string of the molecule is Cc1cccc2c1CCN2c1ncnc2c1cnn2C(C)(C)C. The molecule has 1 aromatic carbocycles. The van der Waals surface area contributed by atoms with Crippen LogP contribution < -0.4 is 4.90 Å². The molecule has 2 aromatic heterocycles. The van der Waals surface area contributed by atoms with Gasteiger partial charge < -0.3 is 4.90 Å². The van der Waals surface area contributed by atoms with Crippen molar-refractivity contribution >= 4 is 22.5 Å². The molecule has 118 valence electrons. The Hall–Kier alpha value is -2.43. The van der Waals surface area contributed by atoms with E-state index >= 15 is 0 Å². The normalized spacial score (nSPS) is 14.5. The topological polar surface area (TPSA) is 46.8 Å². The zero-order chi connectivity index (χ0) is 16.2. The summed E-state index contributed by atoms with van der Waals surface area (Å²) in [6.07, 6.45) is 4.60. The smallest absolute Gasteiger partial charge is 0.163 e. The second kappa shape index (κ2) is 4.78. The zero-order valence-electron chi connectivity index (χ0n) is 14.0. The minimum Gasteiger partial charge on any atom is -0.325 e. The monoisotopic (exact) mass is 307 g/mol. The van der Waals surface area contributed by atoms with Gasteiger partial charge in [-0.25, -0.2) is 14.6 Å². The maximum atomic E-state index is 4.57. The van der Waals surface area contributed by atoms with E-state index in [0.29, 0.717) is 0 Å². The summed E-state index contributed by atoms with van der Waals surface area (Å²) in [5.41, 5.74) is 4.81. The second-order valence-corrected chi connectivity index (χ2v) is 7.14. The summed E-state index contributed by atoms with van der Waals surface area (Å²) in [5, 5.41) is 5.57. The first-order valence-corrected chi connectivity index (χ1v) is 8.02. The lowest BCUT2D eigenvalue weighted by atomic mass is 10.1. The Bertz CT molecular complexity index is 888. The molecule has 3 heterocycles. The molecule has 5 nitrogen and oxygen atoms in total. The molecule has 0 saturated carbocycles. The predicted molar refractivity (Wildman–Crippen MR) is 92.2 cm³/mol. The van der Waals surface area contributed by atoms with E-state index in [2.05, 4.69) is 65.9 Å². The van der Waals surface area contributed by atoms with Gasteiger partial charge in [0.05, 0.1) is 17.1 Å². The number of hydrogen-bond donors (Lipinski definition) is 0. The number of anilines is 2. The van der Waals surface area contributed by atoms with Crippen molar-refractivity contribution in [2.45, 2.75) is 39.7 Å². The number of aromatic nitrogens is 4. The summed E-state index contributed by atoms with van der Waals surface area (Å²) in [6.45, 7) is 9.53. The van der Waals surface area contributed by atoms with Gasteiger partial charge in [-0.3, -0.25) is 0 Å². The summed E-state index contributed by atoms with van der Waals surface area (Å²) < 4.78 is 1.97. The van der Waals surface area contributed by atoms with E-state index in [1.165, 1.54) is 16.8 Å². The highest BCUT2D eigenvalue weighted by Gasteiger charge is 2.26. The van der Waals surface area contributed by atoms with E-state index in [-0.39, 0.29) is 5.54 Å². The third-order valence-corrected chi connectivity index (χ3v) is 4.50. The third-order valence-electron chi connectivity index (χ3n) is 4.50. The molecule has 0 saturated heterocycles. The van der Waals surface area contributed by atoms with Gasteiger partial charge in [0.15, 0.2) is 5.65 Å². The first kappa shape index (κ1) is 14.2. The number of aryl methyl sites for hydroxylation is 1. The van der Waals surface area contributed by atoms with Crippen LogP contribution in [0.5, 0.6) is 0 Å². The maximum Gasteiger partial charge on any atom is 0.163 e. The second-order valence-electron chi connectivity index (χ2n) is 7.14. The molecule has 0 bridgehead atoms. The highest BCUT2D eigenvalue weighted by Crippen LogP contribution is 2.38. The summed E-state index contributed by atoms with van der Waals surface area (Å²) in [4.78, 5) is 11.3. The molecule has 4 rings (SSSR count). The number of rotatable bonds is 1. The van der Waals surface area contributed by atoms with Gasteiger partial charge in [-0.1, -0.05) is 12.1 Å². The van der Waals surface area contributed by atoms with Crippen LogP contribution in [0.25, 0.3) is 11.0 Å². The minimum absolute atomic E-state index is 0.104. The highest BCUT2D eigenvalue weighted by molar-refractivity contribution is 5.90. The van der Waals surface area contributed by atoms with Crippen molar-refractivity contribution in [2.24, 2.45) is 0 Å². The van der Waals surface area contributed by atoms with Crippen LogP contribution in [0, 0.1) is 6.92 Å². The number of fused-ring (bicyclic) bond motifs is 2. The molecule has 0 amide bonds. The molecule has 0 spiro atoms. The molecule has 0 radical (unpaired) electrons. The Morgan fingerprint density at radius 3 is 2.74 bits per heavy atom. The van der Waals surface area contributed by atoms with Crippen molar-refractivity contribution in [3.63, 3.8) is 0 Å². The summed E-state index contributed by atoms with van der Waals surface area (Å²) >= 11 is 0. The van der Waals surface area contributed by atoms with Gasteiger partial charge in [-0.15, -0.1) is 0 Å². The quantitative estimate of drug-likeness (QED) is 0.689. The first-order chi connectivity index (χ1) is 11.0. The fourth-order valence-electron chi connectivity index (χ4n) is 3.37. The van der Waals surface area contributed by atoms with Gasteiger partial charge in [-0.2, -0.15) is 5.10 Å². The molecule has 0 N–H and O–H groups in total. The third kappa shape index (κ3) is 2.11. The molecule has 23 heavy (non-hydrogen) atoms. The Kier molecular flexibility index (Phi) is 2.95. The fraction of sp³-hybridized carbons (Fsp3) is 0.389. The van der Waals surface area contributed by atoms with Gasteiger partial charge >= 0.3 is 0 Å². The fourth-order valence-corrected chi connectivity index (χ4v) is 3.37. The van der Waals surface area contributed by atoms with Crippen LogP contribution in [0.4, 0.5) is 11.5 Å². The van der Waals surface area contributed by atoms with E-state index in [4.69, 9.17) is 0 Å². The average molecular weight is 307 g/mol. The molecular formula is C18H21N5. The van der Waals surface area contributed by atoms with Crippen molar-refractivity contribution in [3.05, 3.63) is 41.9 Å². The predicted octanol–water partition coefficient (Wildman–Crippen LogP) is 3.58. The molecule has 5 heteroatoms. The molecule has 1 aliphatic rings. The lowest BCUT2D eigenvalue weighted by Crippen LogP contribution is -2.23. The van der Waals surface area contributed by atoms with Crippen molar-refractivity contribution in [2.75, 3.05) is 11.4 Å². The lowest BCUT2D eigenvalue weighted by Gasteiger charge is -2.21. The van der Waals surface area contributed by atoms with Crippen molar-refractivity contribution in [1.82, 2.24) is 19.7 Å². The van der Waals surface area contributed by atoms with Crippen LogP contribution in [0.15, 0.2) is 30.7 Å². The molecule has 3 aromatic rings. The van der Waals surface area contributed by atoms with E-state index in [9.17, 15) is 0 Å². The Morgan fingerprint density at radius 1 is 1.13 bits per heavy atom. The van der Waals surface area contributed by atoms with Gasteiger partial charge in [-0.05, 0) is 51.3 Å². The van der Waals surface area contributed by atoms with E-state index in [1.807, 2.05) is 10.9 Å². The summed E-state index contributed by atoms with van der Waals surface area (Å²) in [7, 11) is 0. The van der Waals surface area contributed by atoms with Gasteiger partial charge in [0.25, 0.3) is 0 Å². The number of hydrogen-bond acceptors (Lipinski definition) is 4. The van der Waals surface area contributed by atoms with Gasteiger partial charge in [0.1, 0.15) is 12.1 Å². The van der Waals surface area contributed by atoms with E-state index in [1.54, 1.807) is 6.33 Å². The average Bonchev–Trinajstić information content (AvgIpc) is 3.11. The van der Waals surface area contributed by atoms with Crippen LogP contribution >= 0.6 is 0 Å². The Labute approximate surface area is 136 Å². The molecular weight excluding hydrogens is 286 g/mol. The molecule has 0 fully saturated rings. The van der Waals surface area contributed by atoms with Crippen LogP contribution in [-0.2, 0) is 12.0 Å². The van der Waals surface area contributed by atoms with E-state index in [0.717, 1.165) is 29.8 Å².